The molecule has 0 saturated carbocycles. The maximum atomic E-state index is 10.7. The lowest BCUT2D eigenvalue weighted by atomic mass is 10.2. The van der Waals surface area contributed by atoms with Crippen LogP contribution in [-0.2, 0) is 7.05 Å². The Bertz CT molecular complexity index is 572. The van der Waals surface area contributed by atoms with Crippen molar-refractivity contribution < 1.29 is 9.90 Å². The number of hydrogen-bond donors (Lipinski definition) is 1. The molecule has 0 atom stereocenters. The SMILES string of the molecule is Cn1nnnc1Sc1ccc(C(=O)O)cc1Cl. The smallest absolute Gasteiger partial charge is 0.335 e. The zero-order valence-electron chi connectivity index (χ0n) is 8.66. The summed E-state index contributed by atoms with van der Waals surface area (Å²) in [6.45, 7) is 0. The third kappa shape index (κ3) is 2.56. The van der Waals surface area contributed by atoms with E-state index in [1.165, 1.54) is 28.6 Å². The van der Waals surface area contributed by atoms with E-state index < -0.39 is 5.97 Å². The molecule has 17 heavy (non-hydrogen) atoms. The first-order valence-corrected chi connectivity index (χ1v) is 5.70. The summed E-state index contributed by atoms with van der Waals surface area (Å²) in [6, 6.07) is 4.52. The van der Waals surface area contributed by atoms with Gasteiger partial charge in [0.2, 0.25) is 5.16 Å². The minimum atomic E-state index is -1.01. The average Bonchev–Trinajstić information content (AvgIpc) is 2.67. The van der Waals surface area contributed by atoms with Crippen molar-refractivity contribution in [3.05, 3.63) is 28.8 Å². The summed E-state index contributed by atoms with van der Waals surface area (Å²) in [5.41, 5.74) is 0.149. The molecule has 0 amide bonds. The van der Waals surface area contributed by atoms with Gasteiger partial charge in [0, 0.05) is 11.9 Å². The normalized spacial score (nSPS) is 10.5. The Labute approximate surface area is 106 Å². The summed E-state index contributed by atoms with van der Waals surface area (Å²) < 4.78 is 1.51. The topological polar surface area (TPSA) is 80.9 Å². The van der Waals surface area contributed by atoms with Crippen molar-refractivity contribution in [2.45, 2.75) is 10.1 Å². The number of nitrogens with zero attached hydrogens (tertiary/aromatic N) is 4. The Hall–Kier alpha value is -1.60. The van der Waals surface area contributed by atoms with Gasteiger partial charge < -0.3 is 5.11 Å². The van der Waals surface area contributed by atoms with Crippen LogP contribution < -0.4 is 0 Å². The molecule has 0 bridgehead atoms. The van der Waals surface area contributed by atoms with Gasteiger partial charge in [-0.15, -0.1) is 5.10 Å². The number of aromatic carboxylic acids is 1. The summed E-state index contributed by atoms with van der Waals surface area (Å²) >= 11 is 7.25. The molecule has 0 spiro atoms. The van der Waals surface area contributed by atoms with E-state index in [2.05, 4.69) is 15.5 Å². The Kier molecular flexibility index (Phi) is 3.30. The first kappa shape index (κ1) is 11.9. The quantitative estimate of drug-likeness (QED) is 0.914. The van der Waals surface area contributed by atoms with Crippen molar-refractivity contribution in [2.75, 3.05) is 0 Å². The lowest BCUT2D eigenvalue weighted by Crippen LogP contribution is -1.96. The molecule has 0 fully saturated rings. The Morgan fingerprint density at radius 1 is 1.53 bits per heavy atom. The number of aromatic nitrogens is 4. The molecule has 0 aliphatic rings. The van der Waals surface area contributed by atoms with Crippen molar-refractivity contribution in [3.63, 3.8) is 0 Å². The molecule has 0 radical (unpaired) electrons. The lowest BCUT2D eigenvalue weighted by molar-refractivity contribution is 0.0697. The fourth-order valence-electron chi connectivity index (χ4n) is 1.12. The zero-order valence-corrected chi connectivity index (χ0v) is 10.2. The zero-order chi connectivity index (χ0) is 12.4. The molecule has 1 heterocycles. The van der Waals surface area contributed by atoms with E-state index in [1.807, 2.05) is 0 Å². The van der Waals surface area contributed by atoms with Gasteiger partial charge in [-0.05, 0) is 40.4 Å². The third-order valence-corrected chi connectivity index (χ3v) is 3.49. The number of benzene rings is 1. The van der Waals surface area contributed by atoms with Crippen LogP contribution in [0.25, 0.3) is 0 Å². The van der Waals surface area contributed by atoms with Gasteiger partial charge in [0.25, 0.3) is 0 Å². The summed E-state index contributed by atoms with van der Waals surface area (Å²) in [5.74, 6) is -1.01. The van der Waals surface area contributed by atoms with Crippen molar-refractivity contribution in [2.24, 2.45) is 7.05 Å². The van der Waals surface area contributed by atoms with Crippen LogP contribution in [0, 0.1) is 0 Å². The van der Waals surface area contributed by atoms with E-state index in [0.29, 0.717) is 15.1 Å². The minimum absolute atomic E-state index is 0.149. The number of carboxylic acid groups (broad SMARTS) is 1. The average molecular weight is 271 g/mol. The molecule has 1 aromatic heterocycles. The summed E-state index contributed by atoms with van der Waals surface area (Å²) in [5, 5.41) is 20.7. The summed E-state index contributed by atoms with van der Waals surface area (Å²) in [6.07, 6.45) is 0. The number of aryl methyl sites for hydroxylation is 1. The molecule has 2 aromatic rings. The minimum Gasteiger partial charge on any atom is -0.478 e. The first-order chi connectivity index (χ1) is 8.08. The number of carbonyl (C=O) groups is 1. The van der Waals surface area contributed by atoms with Gasteiger partial charge in [0.1, 0.15) is 0 Å². The number of hydrogen-bond acceptors (Lipinski definition) is 5. The van der Waals surface area contributed by atoms with Gasteiger partial charge in [-0.2, -0.15) is 0 Å². The second-order valence-electron chi connectivity index (χ2n) is 3.14. The molecular weight excluding hydrogens is 264 g/mol. The van der Waals surface area contributed by atoms with Gasteiger partial charge in [0.05, 0.1) is 10.6 Å². The summed E-state index contributed by atoms with van der Waals surface area (Å²) in [4.78, 5) is 11.4. The van der Waals surface area contributed by atoms with Gasteiger partial charge in [-0.3, -0.25) is 0 Å². The molecule has 0 unspecified atom stereocenters. The third-order valence-electron chi connectivity index (χ3n) is 1.96. The Balaban J connectivity index is 2.29. The van der Waals surface area contributed by atoms with Crippen LogP contribution in [0.2, 0.25) is 5.02 Å². The molecular formula is C9H7ClN4O2S. The molecule has 1 aromatic carbocycles. The second kappa shape index (κ2) is 4.72. The number of halogens is 1. The fraction of sp³-hybridized carbons (Fsp3) is 0.111. The van der Waals surface area contributed by atoms with Crippen LogP contribution in [0.3, 0.4) is 0 Å². The number of tetrazole rings is 1. The Morgan fingerprint density at radius 2 is 2.29 bits per heavy atom. The molecule has 0 aliphatic heterocycles. The predicted octanol–water partition coefficient (Wildman–Crippen LogP) is 1.71. The monoisotopic (exact) mass is 270 g/mol. The molecule has 2 rings (SSSR count). The maximum absolute atomic E-state index is 10.7. The highest BCUT2D eigenvalue weighted by Crippen LogP contribution is 2.32. The molecule has 1 N–H and O–H groups in total. The van der Waals surface area contributed by atoms with E-state index in [-0.39, 0.29) is 5.56 Å². The fourth-order valence-corrected chi connectivity index (χ4v) is 2.15. The van der Waals surface area contributed by atoms with Crippen molar-refractivity contribution in [1.82, 2.24) is 20.2 Å². The molecule has 88 valence electrons. The van der Waals surface area contributed by atoms with E-state index in [9.17, 15) is 4.79 Å². The van der Waals surface area contributed by atoms with Gasteiger partial charge in [0.15, 0.2) is 0 Å². The van der Waals surface area contributed by atoms with Crippen molar-refractivity contribution >= 4 is 29.3 Å². The number of carboxylic acids is 1. The van der Waals surface area contributed by atoms with E-state index in [1.54, 1.807) is 13.1 Å². The van der Waals surface area contributed by atoms with Gasteiger partial charge >= 0.3 is 5.97 Å². The highest BCUT2D eigenvalue weighted by Gasteiger charge is 2.11. The highest BCUT2D eigenvalue weighted by molar-refractivity contribution is 7.99. The largest absolute Gasteiger partial charge is 0.478 e. The van der Waals surface area contributed by atoms with Crippen LogP contribution in [0.4, 0.5) is 0 Å². The molecule has 8 heteroatoms. The van der Waals surface area contributed by atoms with Gasteiger partial charge in [-0.1, -0.05) is 11.6 Å². The first-order valence-electron chi connectivity index (χ1n) is 4.51. The predicted molar refractivity (Wildman–Crippen MR) is 61.3 cm³/mol. The molecule has 0 aliphatic carbocycles. The van der Waals surface area contributed by atoms with Crippen LogP contribution in [-0.4, -0.2) is 31.3 Å². The molecule has 0 saturated heterocycles. The lowest BCUT2D eigenvalue weighted by Gasteiger charge is -2.03. The van der Waals surface area contributed by atoms with Gasteiger partial charge in [-0.25, -0.2) is 9.48 Å². The maximum Gasteiger partial charge on any atom is 0.335 e. The number of rotatable bonds is 3. The molecule has 6 nitrogen and oxygen atoms in total. The summed E-state index contributed by atoms with van der Waals surface area (Å²) in [7, 11) is 1.71. The van der Waals surface area contributed by atoms with E-state index >= 15 is 0 Å². The Morgan fingerprint density at radius 3 is 2.82 bits per heavy atom. The van der Waals surface area contributed by atoms with Crippen molar-refractivity contribution in [3.8, 4) is 0 Å². The van der Waals surface area contributed by atoms with Crippen LogP contribution in [0.5, 0.6) is 0 Å². The van der Waals surface area contributed by atoms with Crippen LogP contribution >= 0.6 is 23.4 Å². The van der Waals surface area contributed by atoms with Crippen molar-refractivity contribution in [1.29, 1.82) is 0 Å². The van der Waals surface area contributed by atoms with Crippen LogP contribution in [0.15, 0.2) is 28.3 Å². The van der Waals surface area contributed by atoms with Crippen LogP contribution in [0.1, 0.15) is 10.4 Å². The van der Waals surface area contributed by atoms with E-state index in [0.717, 1.165) is 0 Å². The standard InChI is InChI=1S/C9H7ClN4O2S/c1-14-9(11-12-13-14)17-7-3-2-5(8(15)16)4-6(7)10/h2-4H,1H3,(H,15,16). The highest BCUT2D eigenvalue weighted by atomic mass is 35.5. The second-order valence-corrected chi connectivity index (χ2v) is 4.55. The van der Waals surface area contributed by atoms with E-state index in [4.69, 9.17) is 16.7 Å².